The van der Waals surface area contributed by atoms with E-state index >= 15 is 0 Å². The molecule has 8 heteroatoms. The molecule has 0 radical (unpaired) electrons. The summed E-state index contributed by atoms with van der Waals surface area (Å²) in [7, 11) is -3.45. The molecule has 1 aliphatic heterocycles. The zero-order valence-electron chi connectivity index (χ0n) is 17.5. The predicted molar refractivity (Wildman–Crippen MR) is 123 cm³/mol. The molecule has 0 bridgehead atoms. The van der Waals surface area contributed by atoms with Gasteiger partial charge in [0.15, 0.2) is 0 Å². The van der Waals surface area contributed by atoms with Crippen molar-refractivity contribution in [1.82, 2.24) is 14.3 Å². The first-order valence-electron chi connectivity index (χ1n) is 11.2. The third-order valence-electron chi connectivity index (χ3n) is 6.67. The fourth-order valence-corrected chi connectivity index (χ4v) is 7.50. The molecule has 1 saturated heterocycles. The van der Waals surface area contributed by atoms with Gasteiger partial charge in [-0.3, -0.25) is 0 Å². The van der Waals surface area contributed by atoms with Gasteiger partial charge in [0, 0.05) is 37.0 Å². The van der Waals surface area contributed by atoms with Crippen LogP contribution < -0.4 is 4.90 Å². The topological polar surface area (TPSA) is 66.4 Å². The Labute approximate surface area is 187 Å². The van der Waals surface area contributed by atoms with Crippen LogP contribution in [-0.4, -0.2) is 48.9 Å². The van der Waals surface area contributed by atoms with Gasteiger partial charge in [-0.25, -0.2) is 18.4 Å². The van der Waals surface area contributed by atoms with Crippen molar-refractivity contribution >= 4 is 37.4 Å². The number of thiophene rings is 1. The van der Waals surface area contributed by atoms with Gasteiger partial charge in [0.2, 0.25) is 10.0 Å². The van der Waals surface area contributed by atoms with Gasteiger partial charge in [-0.05, 0) is 56.2 Å². The van der Waals surface area contributed by atoms with Crippen LogP contribution in [0.5, 0.6) is 0 Å². The Bertz CT molecular complexity index is 1230. The van der Waals surface area contributed by atoms with Crippen LogP contribution >= 0.6 is 11.3 Å². The van der Waals surface area contributed by atoms with E-state index in [2.05, 4.69) is 4.90 Å². The van der Waals surface area contributed by atoms with Crippen molar-refractivity contribution in [3.63, 3.8) is 0 Å². The summed E-state index contributed by atoms with van der Waals surface area (Å²) in [5.74, 6) is 2.53. The molecule has 31 heavy (non-hydrogen) atoms. The highest BCUT2D eigenvalue weighted by atomic mass is 32.2. The molecule has 3 heterocycles. The van der Waals surface area contributed by atoms with E-state index in [0.29, 0.717) is 37.0 Å². The number of hydrogen-bond acceptors (Lipinski definition) is 6. The number of fused-ring (bicyclic) bond motifs is 3. The van der Waals surface area contributed by atoms with E-state index in [9.17, 15) is 8.42 Å². The number of piperazine rings is 1. The quantitative estimate of drug-likeness (QED) is 0.597. The van der Waals surface area contributed by atoms with Crippen molar-refractivity contribution < 1.29 is 8.42 Å². The average Bonchev–Trinajstić information content (AvgIpc) is 3.59. The molecule has 0 N–H and O–H groups in total. The van der Waals surface area contributed by atoms with Crippen molar-refractivity contribution in [3.05, 3.63) is 46.6 Å². The first kappa shape index (κ1) is 19.6. The highest BCUT2D eigenvalue weighted by Crippen LogP contribution is 2.44. The van der Waals surface area contributed by atoms with Crippen molar-refractivity contribution in [3.8, 4) is 0 Å². The van der Waals surface area contributed by atoms with Gasteiger partial charge in [-0.2, -0.15) is 4.31 Å². The van der Waals surface area contributed by atoms with Crippen LogP contribution in [-0.2, 0) is 22.9 Å². The van der Waals surface area contributed by atoms with Crippen molar-refractivity contribution in [2.24, 2.45) is 0 Å². The number of benzene rings is 1. The minimum absolute atomic E-state index is 0.371. The molecule has 0 amide bonds. The number of sulfonamides is 1. The van der Waals surface area contributed by atoms with E-state index < -0.39 is 10.0 Å². The largest absolute Gasteiger partial charge is 0.353 e. The van der Waals surface area contributed by atoms with Gasteiger partial charge in [0.05, 0.1) is 10.3 Å². The summed E-state index contributed by atoms with van der Waals surface area (Å²) in [6.07, 6.45) is 7.10. The third kappa shape index (κ3) is 3.45. The van der Waals surface area contributed by atoms with E-state index in [1.807, 2.05) is 17.4 Å². The standard InChI is InChI=1S/C23H26N4O2S2/c28-31(29,17-6-2-1-3-7-17)27-14-12-26(13-15-27)22-20-18-8-4-5-9-19(18)30-23(20)25-21(24-22)16-10-11-16/h1-3,6-7,16H,4-5,8-15H2. The summed E-state index contributed by atoms with van der Waals surface area (Å²) >= 11 is 1.86. The Balaban J connectivity index is 1.33. The second-order valence-electron chi connectivity index (χ2n) is 8.77. The molecule has 2 aromatic heterocycles. The summed E-state index contributed by atoms with van der Waals surface area (Å²) in [6.45, 7) is 2.28. The molecule has 3 aromatic rings. The maximum Gasteiger partial charge on any atom is 0.243 e. The Kier molecular flexibility index (Phi) is 4.77. The molecule has 0 unspecified atom stereocenters. The van der Waals surface area contributed by atoms with Gasteiger partial charge in [-0.15, -0.1) is 11.3 Å². The first-order valence-corrected chi connectivity index (χ1v) is 13.5. The van der Waals surface area contributed by atoms with Crippen LogP contribution in [0, 0.1) is 0 Å². The fraction of sp³-hybridized carbons (Fsp3) is 0.478. The SMILES string of the molecule is O=S(=O)(c1ccccc1)N1CCN(c2nc(C3CC3)nc3sc4c(c23)CCCC4)CC1. The molecule has 3 aliphatic rings. The van der Waals surface area contributed by atoms with Gasteiger partial charge < -0.3 is 4.90 Å². The maximum absolute atomic E-state index is 13.0. The lowest BCUT2D eigenvalue weighted by Gasteiger charge is -2.35. The summed E-state index contributed by atoms with van der Waals surface area (Å²) in [6, 6.07) is 8.75. The molecule has 1 aromatic carbocycles. The van der Waals surface area contributed by atoms with Gasteiger partial charge >= 0.3 is 0 Å². The van der Waals surface area contributed by atoms with E-state index in [-0.39, 0.29) is 0 Å². The van der Waals surface area contributed by atoms with Crippen molar-refractivity contribution in [1.29, 1.82) is 0 Å². The minimum atomic E-state index is -3.45. The monoisotopic (exact) mass is 454 g/mol. The molecule has 0 atom stereocenters. The second kappa shape index (κ2) is 7.53. The summed E-state index contributed by atoms with van der Waals surface area (Å²) < 4.78 is 27.7. The van der Waals surface area contributed by atoms with Crippen molar-refractivity contribution in [2.75, 3.05) is 31.1 Å². The van der Waals surface area contributed by atoms with E-state index in [1.54, 1.807) is 28.6 Å². The third-order valence-corrected chi connectivity index (χ3v) is 9.77. The molecule has 0 spiro atoms. The first-order chi connectivity index (χ1) is 15.1. The zero-order chi connectivity index (χ0) is 21.0. The van der Waals surface area contributed by atoms with E-state index in [0.717, 1.165) is 29.3 Å². The molecular formula is C23H26N4O2S2. The fourth-order valence-electron chi connectivity index (χ4n) is 4.79. The van der Waals surface area contributed by atoms with E-state index in [4.69, 9.17) is 9.97 Å². The smallest absolute Gasteiger partial charge is 0.243 e. The number of rotatable bonds is 4. The Morgan fingerprint density at radius 3 is 2.42 bits per heavy atom. The number of aryl methyl sites for hydroxylation is 2. The molecule has 162 valence electrons. The number of anilines is 1. The van der Waals surface area contributed by atoms with Crippen LogP contribution in [0.25, 0.3) is 10.2 Å². The average molecular weight is 455 g/mol. The Morgan fingerprint density at radius 1 is 0.935 bits per heavy atom. The zero-order valence-corrected chi connectivity index (χ0v) is 19.1. The highest BCUT2D eigenvalue weighted by molar-refractivity contribution is 7.89. The number of hydrogen-bond donors (Lipinski definition) is 0. The lowest BCUT2D eigenvalue weighted by Crippen LogP contribution is -2.49. The van der Waals surface area contributed by atoms with Crippen LogP contribution in [0.15, 0.2) is 35.2 Å². The number of nitrogens with zero attached hydrogens (tertiary/aromatic N) is 4. The maximum atomic E-state index is 13.0. The molecule has 2 fully saturated rings. The van der Waals surface area contributed by atoms with Crippen LogP contribution in [0.4, 0.5) is 5.82 Å². The molecule has 1 saturated carbocycles. The summed E-state index contributed by atoms with van der Waals surface area (Å²) in [5, 5.41) is 1.24. The van der Waals surface area contributed by atoms with Gasteiger partial charge in [0.25, 0.3) is 0 Å². The summed E-state index contributed by atoms with van der Waals surface area (Å²) in [5.41, 5.74) is 1.45. The Morgan fingerprint density at radius 2 is 1.68 bits per heavy atom. The minimum Gasteiger partial charge on any atom is -0.353 e. The predicted octanol–water partition coefficient (Wildman–Crippen LogP) is 3.96. The van der Waals surface area contributed by atoms with Gasteiger partial charge in [-0.1, -0.05) is 18.2 Å². The molecule has 2 aliphatic carbocycles. The Hall–Kier alpha value is -2.03. The lowest BCUT2D eigenvalue weighted by atomic mass is 9.97. The number of aromatic nitrogens is 2. The van der Waals surface area contributed by atoms with Crippen molar-refractivity contribution in [2.45, 2.75) is 49.3 Å². The second-order valence-corrected chi connectivity index (χ2v) is 11.8. The summed E-state index contributed by atoms with van der Waals surface area (Å²) in [4.78, 5) is 15.3. The lowest BCUT2D eigenvalue weighted by molar-refractivity contribution is 0.384. The van der Waals surface area contributed by atoms with E-state index in [1.165, 1.54) is 41.5 Å². The molecule has 6 nitrogen and oxygen atoms in total. The molecule has 6 rings (SSSR count). The van der Waals surface area contributed by atoms with Gasteiger partial charge in [0.1, 0.15) is 16.5 Å². The van der Waals surface area contributed by atoms with Crippen LogP contribution in [0.1, 0.15) is 47.9 Å². The van der Waals surface area contributed by atoms with Crippen LogP contribution in [0.2, 0.25) is 0 Å². The molecular weight excluding hydrogens is 428 g/mol. The normalized spacial score (nSPS) is 20.2. The highest BCUT2D eigenvalue weighted by Gasteiger charge is 2.33. The van der Waals surface area contributed by atoms with Crippen LogP contribution in [0.3, 0.4) is 0 Å².